The van der Waals surface area contributed by atoms with Gasteiger partial charge in [-0.1, -0.05) is 0 Å². The Bertz CT molecular complexity index is 185. The van der Waals surface area contributed by atoms with Crippen molar-refractivity contribution in [1.29, 1.82) is 0 Å². The Hall–Kier alpha value is -0.641. The van der Waals surface area contributed by atoms with E-state index in [1.165, 1.54) is 0 Å². The van der Waals surface area contributed by atoms with E-state index < -0.39 is 13.4 Å². The molecule has 7 heavy (non-hydrogen) atoms. The zero-order chi connectivity index (χ0) is 5.91. The van der Waals surface area contributed by atoms with Gasteiger partial charge in [0.15, 0.2) is 0 Å². The van der Waals surface area contributed by atoms with Crippen LogP contribution >= 0.6 is 0 Å². The van der Waals surface area contributed by atoms with Gasteiger partial charge in [-0.2, -0.15) is 0 Å². The van der Waals surface area contributed by atoms with Crippen LogP contribution < -0.4 is 0 Å². The summed E-state index contributed by atoms with van der Waals surface area (Å²) in [6.07, 6.45) is 0. The zero-order valence-corrected chi connectivity index (χ0v) is 4.66. The van der Waals surface area contributed by atoms with Gasteiger partial charge in [0.05, 0.1) is 0 Å². The van der Waals surface area contributed by atoms with Crippen molar-refractivity contribution in [3.63, 3.8) is 0 Å². The van der Waals surface area contributed by atoms with Crippen LogP contribution in [0.1, 0.15) is 0 Å². The van der Waals surface area contributed by atoms with Crippen molar-refractivity contribution in [1.82, 2.24) is 0 Å². The average Bonchev–Trinajstić information content (AvgIpc) is 1.30. The van der Waals surface area contributed by atoms with Crippen LogP contribution in [0.5, 0.6) is 0 Å². The summed E-state index contributed by atoms with van der Waals surface area (Å²) in [7, 11) is 0. The fourth-order valence-electron chi connectivity index (χ4n) is 0.0436. The number of nitrogens with zero attached hydrogens (tertiary/aromatic N) is 3. The molecular formula is FN3O2Se. The molecular weight excluding hydrogens is 172 g/mol. The third kappa shape index (κ3) is 5.36. The average molecular weight is 172 g/mol. The van der Waals surface area contributed by atoms with Crippen LogP contribution in [-0.4, -0.2) is 13.4 Å². The Kier molecular flexibility index (Phi) is 1.71. The first-order valence-corrected chi connectivity index (χ1v) is 3.88. The number of halogens is 1. The molecule has 0 fully saturated rings. The molecule has 0 bridgehead atoms. The van der Waals surface area contributed by atoms with Gasteiger partial charge in [0.25, 0.3) is 0 Å². The maximum absolute atomic E-state index is 11.0. The summed E-state index contributed by atoms with van der Waals surface area (Å²) in [6, 6.07) is 0. The molecule has 0 unspecified atom stereocenters. The predicted octanol–water partition coefficient (Wildman–Crippen LogP) is 0.563. The number of rotatable bonds is 1. The molecule has 0 N–H and O–H groups in total. The molecule has 0 aromatic heterocycles. The minimum atomic E-state index is -5.60. The Balaban J connectivity index is 4.44. The molecule has 0 saturated carbocycles. The van der Waals surface area contributed by atoms with Gasteiger partial charge in [0.1, 0.15) is 0 Å². The van der Waals surface area contributed by atoms with Crippen molar-refractivity contribution in [2.24, 2.45) is 4.13 Å². The van der Waals surface area contributed by atoms with Crippen LogP contribution in [-0.2, 0) is 7.67 Å². The first-order chi connectivity index (χ1) is 3.06. The van der Waals surface area contributed by atoms with Gasteiger partial charge in [-0.15, -0.1) is 0 Å². The van der Waals surface area contributed by atoms with Gasteiger partial charge in [-0.25, -0.2) is 0 Å². The van der Waals surface area contributed by atoms with Gasteiger partial charge >= 0.3 is 39.2 Å². The summed E-state index contributed by atoms with van der Waals surface area (Å²) in [5.41, 5.74) is 7.26. The monoisotopic (exact) mass is 173 g/mol. The zero-order valence-electron chi connectivity index (χ0n) is 2.94. The van der Waals surface area contributed by atoms with E-state index >= 15 is 0 Å². The fourth-order valence-corrected chi connectivity index (χ4v) is 0.227. The molecule has 0 radical (unpaired) electrons. The Labute approximate surface area is 40.1 Å². The molecule has 0 spiro atoms. The summed E-state index contributed by atoms with van der Waals surface area (Å²) >= 11 is -5.60. The van der Waals surface area contributed by atoms with Crippen molar-refractivity contribution < 1.29 is 11.2 Å². The van der Waals surface area contributed by atoms with Gasteiger partial charge in [0, 0.05) is 0 Å². The summed E-state index contributed by atoms with van der Waals surface area (Å²) < 4.78 is 31.3. The summed E-state index contributed by atoms with van der Waals surface area (Å²) in [4.78, 5) is 1.70. The van der Waals surface area contributed by atoms with Crippen molar-refractivity contribution in [2.45, 2.75) is 0 Å². The summed E-state index contributed by atoms with van der Waals surface area (Å²) in [6.45, 7) is 0. The molecule has 0 amide bonds. The van der Waals surface area contributed by atoms with E-state index in [0.29, 0.717) is 0 Å². The molecule has 5 nitrogen and oxygen atoms in total. The van der Waals surface area contributed by atoms with Crippen LogP contribution in [0.25, 0.3) is 10.4 Å². The van der Waals surface area contributed by atoms with E-state index in [0.717, 1.165) is 0 Å². The van der Waals surface area contributed by atoms with E-state index in [1.54, 1.807) is 4.91 Å². The second-order valence-corrected chi connectivity index (χ2v) is 2.66. The van der Waals surface area contributed by atoms with E-state index in [-0.39, 0.29) is 0 Å². The molecule has 7 heteroatoms. The van der Waals surface area contributed by atoms with Crippen molar-refractivity contribution in [2.75, 3.05) is 0 Å². The molecule has 0 saturated heterocycles. The first kappa shape index (κ1) is 6.36. The Morgan fingerprint density at radius 3 is 2.14 bits per heavy atom. The van der Waals surface area contributed by atoms with Gasteiger partial charge < -0.3 is 0 Å². The molecule has 0 aromatic carbocycles. The first-order valence-electron chi connectivity index (χ1n) is 1.07. The van der Waals surface area contributed by atoms with Crippen LogP contribution in [0.15, 0.2) is 4.13 Å². The second-order valence-electron chi connectivity index (χ2n) is 0.583. The number of azide groups is 1. The third-order valence-electron chi connectivity index (χ3n) is 0.134. The second kappa shape index (κ2) is 1.88. The normalized spacial score (nSPS) is 9.86. The van der Waals surface area contributed by atoms with Gasteiger partial charge in [-0.3, -0.25) is 0 Å². The summed E-state index contributed by atoms with van der Waals surface area (Å²) in [5, 5.41) is 0. The molecule has 0 heterocycles. The van der Waals surface area contributed by atoms with E-state index in [9.17, 15) is 11.2 Å². The Morgan fingerprint density at radius 2 is 2.14 bits per heavy atom. The quantitative estimate of drug-likeness (QED) is 0.250. The van der Waals surface area contributed by atoms with Crippen LogP contribution in [0.3, 0.4) is 0 Å². The molecule has 0 atom stereocenters. The number of hydrogen-bond acceptors (Lipinski definition) is 2. The fraction of sp³-hybridized carbons (Fsp3) is 0. The minimum absolute atomic E-state index is 1.70. The SMILES string of the molecule is [N-]=[N+]=N[Se](=O)(=O)F. The van der Waals surface area contributed by atoms with Crippen molar-refractivity contribution >= 4 is 13.4 Å². The summed E-state index contributed by atoms with van der Waals surface area (Å²) in [5.74, 6) is 0. The van der Waals surface area contributed by atoms with Gasteiger partial charge in [0.2, 0.25) is 0 Å². The van der Waals surface area contributed by atoms with E-state index in [4.69, 9.17) is 5.53 Å². The molecule has 0 aliphatic heterocycles. The Morgan fingerprint density at radius 1 is 1.71 bits per heavy atom. The van der Waals surface area contributed by atoms with Crippen molar-refractivity contribution in [3.05, 3.63) is 10.4 Å². The topological polar surface area (TPSA) is 82.9 Å². The standard InChI is InChI=1S/FN3O2Se/c1-7(5,6)4-3-2. The molecule has 0 aliphatic carbocycles. The predicted molar refractivity (Wildman–Crippen MR) is 17.4 cm³/mol. The van der Waals surface area contributed by atoms with Crippen LogP contribution in [0.2, 0.25) is 0 Å². The van der Waals surface area contributed by atoms with Crippen LogP contribution in [0, 0.1) is 0 Å². The van der Waals surface area contributed by atoms with E-state index in [2.05, 4.69) is 0 Å². The van der Waals surface area contributed by atoms with Crippen molar-refractivity contribution in [3.8, 4) is 0 Å². The number of hydrogen-bond donors (Lipinski definition) is 0. The third-order valence-corrected chi connectivity index (χ3v) is 0.697. The molecule has 40 valence electrons. The molecule has 0 rings (SSSR count). The molecule has 0 aliphatic rings. The van der Waals surface area contributed by atoms with Crippen LogP contribution in [0.4, 0.5) is 3.55 Å². The van der Waals surface area contributed by atoms with Gasteiger partial charge in [-0.05, 0) is 0 Å². The maximum atomic E-state index is 11.0. The molecule has 0 aromatic rings. The van der Waals surface area contributed by atoms with E-state index in [1.807, 2.05) is 4.13 Å².